The number of hydrogen-bond acceptors (Lipinski definition) is 7. The van der Waals surface area contributed by atoms with Gasteiger partial charge in [-0.15, -0.1) is 0 Å². The summed E-state index contributed by atoms with van der Waals surface area (Å²) in [4.78, 5) is 35.8. The van der Waals surface area contributed by atoms with Gasteiger partial charge in [0.05, 0.1) is 33.9 Å². The van der Waals surface area contributed by atoms with E-state index in [0.29, 0.717) is 5.69 Å². The minimum Gasteiger partial charge on any atom is -0.459 e. The van der Waals surface area contributed by atoms with Crippen LogP contribution in [0.5, 0.6) is 0 Å². The van der Waals surface area contributed by atoms with E-state index in [0.717, 1.165) is 0 Å². The van der Waals surface area contributed by atoms with Gasteiger partial charge in [0.25, 0.3) is 10.0 Å². The van der Waals surface area contributed by atoms with Crippen molar-refractivity contribution in [2.45, 2.75) is 51.7 Å². The maximum absolute atomic E-state index is 12.8. The molecule has 32 heavy (non-hydrogen) atoms. The maximum atomic E-state index is 12.8. The van der Waals surface area contributed by atoms with E-state index in [2.05, 4.69) is 10.0 Å². The lowest BCUT2D eigenvalue weighted by atomic mass is 10.1. The quantitative estimate of drug-likeness (QED) is 0.574. The molecule has 0 unspecified atom stereocenters. The number of carbonyl (C=O) groups excluding carboxylic acids is 3. The fourth-order valence-electron chi connectivity index (χ4n) is 2.62. The lowest BCUT2D eigenvalue weighted by Gasteiger charge is -2.14. The first-order valence-corrected chi connectivity index (χ1v) is 11.3. The van der Waals surface area contributed by atoms with Gasteiger partial charge in [-0.3, -0.25) is 9.52 Å². The summed E-state index contributed by atoms with van der Waals surface area (Å²) in [6, 6.07) is 9.36. The second-order valence-corrected chi connectivity index (χ2v) is 9.20. The molecular formula is C22H26N2O7S. The van der Waals surface area contributed by atoms with E-state index in [9.17, 15) is 22.8 Å². The van der Waals surface area contributed by atoms with Crippen LogP contribution in [0.1, 0.15) is 55.3 Å². The smallest absolute Gasteiger partial charge is 0.338 e. The number of ether oxygens (including phenoxy) is 2. The minimum atomic E-state index is -4.06. The number of anilines is 2. The second-order valence-electron chi connectivity index (χ2n) is 7.52. The van der Waals surface area contributed by atoms with Crippen LogP contribution in [0.4, 0.5) is 11.4 Å². The van der Waals surface area contributed by atoms with Gasteiger partial charge in [-0.25, -0.2) is 18.0 Å². The van der Waals surface area contributed by atoms with E-state index in [1.54, 1.807) is 27.7 Å². The van der Waals surface area contributed by atoms with Crippen LogP contribution in [0.2, 0.25) is 0 Å². The molecule has 0 saturated carbocycles. The average molecular weight is 463 g/mol. The molecule has 2 aromatic rings. The zero-order valence-corrected chi connectivity index (χ0v) is 19.3. The van der Waals surface area contributed by atoms with Gasteiger partial charge in [0.1, 0.15) is 0 Å². The minimum absolute atomic E-state index is 0.00406. The van der Waals surface area contributed by atoms with E-state index < -0.39 is 34.2 Å². The predicted octanol–water partition coefficient (Wildman–Crippen LogP) is 3.58. The van der Waals surface area contributed by atoms with E-state index in [4.69, 9.17) is 9.47 Å². The van der Waals surface area contributed by atoms with Gasteiger partial charge in [0.15, 0.2) is 0 Å². The summed E-state index contributed by atoms with van der Waals surface area (Å²) in [6.45, 7) is 8.02. The molecule has 1 amide bonds. The van der Waals surface area contributed by atoms with Crippen molar-refractivity contribution in [3.05, 3.63) is 53.6 Å². The molecule has 10 heteroatoms. The summed E-state index contributed by atoms with van der Waals surface area (Å²) < 4.78 is 38.3. The third kappa shape index (κ3) is 7.09. The van der Waals surface area contributed by atoms with E-state index in [-0.39, 0.29) is 27.6 Å². The zero-order valence-electron chi connectivity index (χ0n) is 18.5. The highest BCUT2D eigenvalue weighted by Crippen LogP contribution is 2.22. The Bertz CT molecular complexity index is 1070. The predicted molar refractivity (Wildman–Crippen MR) is 119 cm³/mol. The van der Waals surface area contributed by atoms with Gasteiger partial charge >= 0.3 is 11.9 Å². The first-order chi connectivity index (χ1) is 14.9. The Kier molecular flexibility index (Phi) is 7.98. The molecule has 0 heterocycles. The number of carbonyl (C=O) groups is 3. The average Bonchev–Trinajstić information content (AvgIpc) is 2.66. The Morgan fingerprint density at radius 1 is 0.781 bits per heavy atom. The van der Waals surface area contributed by atoms with Crippen LogP contribution in [0.15, 0.2) is 47.4 Å². The number of sulfonamides is 1. The normalized spacial score (nSPS) is 11.2. The van der Waals surface area contributed by atoms with Crippen molar-refractivity contribution in [3.8, 4) is 0 Å². The molecule has 0 radical (unpaired) electrons. The van der Waals surface area contributed by atoms with Crippen LogP contribution in [-0.4, -0.2) is 38.5 Å². The van der Waals surface area contributed by atoms with E-state index in [1.807, 2.05) is 0 Å². The zero-order chi connectivity index (χ0) is 24.1. The first-order valence-electron chi connectivity index (χ1n) is 9.85. The van der Waals surface area contributed by atoms with Gasteiger partial charge in [-0.2, -0.15) is 0 Å². The Balaban J connectivity index is 2.40. The van der Waals surface area contributed by atoms with Gasteiger partial charge in [-0.1, -0.05) is 0 Å². The Hall–Kier alpha value is -3.40. The molecule has 0 aliphatic carbocycles. The third-order valence-corrected chi connectivity index (χ3v) is 5.22. The summed E-state index contributed by atoms with van der Waals surface area (Å²) in [5.74, 6) is -1.71. The summed E-state index contributed by atoms with van der Waals surface area (Å²) in [5.41, 5.74) is 0.421. The molecule has 2 rings (SSSR count). The van der Waals surface area contributed by atoms with Crippen LogP contribution < -0.4 is 10.0 Å². The number of rotatable bonds is 8. The lowest BCUT2D eigenvalue weighted by molar-refractivity contribution is -0.114. The highest BCUT2D eigenvalue weighted by Gasteiger charge is 2.20. The molecule has 0 atom stereocenters. The molecule has 0 saturated heterocycles. The van der Waals surface area contributed by atoms with Crippen molar-refractivity contribution in [2.75, 3.05) is 10.0 Å². The van der Waals surface area contributed by atoms with Crippen LogP contribution in [0.3, 0.4) is 0 Å². The molecule has 9 nitrogen and oxygen atoms in total. The number of esters is 2. The Morgan fingerprint density at radius 2 is 1.25 bits per heavy atom. The fourth-order valence-corrected chi connectivity index (χ4v) is 3.66. The van der Waals surface area contributed by atoms with Crippen LogP contribution in [0.25, 0.3) is 0 Å². The molecular weight excluding hydrogens is 436 g/mol. The molecule has 0 spiro atoms. The van der Waals surface area contributed by atoms with Gasteiger partial charge in [0, 0.05) is 12.6 Å². The van der Waals surface area contributed by atoms with Crippen molar-refractivity contribution in [1.82, 2.24) is 0 Å². The van der Waals surface area contributed by atoms with Crippen molar-refractivity contribution < 1.29 is 32.3 Å². The fraction of sp³-hybridized carbons (Fsp3) is 0.318. The third-order valence-electron chi connectivity index (χ3n) is 3.83. The highest BCUT2D eigenvalue weighted by atomic mass is 32.2. The number of benzene rings is 2. The maximum Gasteiger partial charge on any atom is 0.338 e. The van der Waals surface area contributed by atoms with Crippen molar-refractivity contribution in [1.29, 1.82) is 0 Å². The number of hydrogen-bond donors (Lipinski definition) is 2. The molecule has 2 N–H and O–H groups in total. The lowest BCUT2D eigenvalue weighted by Crippen LogP contribution is -2.17. The molecule has 172 valence electrons. The van der Waals surface area contributed by atoms with Gasteiger partial charge in [-0.05, 0) is 70.2 Å². The molecule has 0 bridgehead atoms. The van der Waals surface area contributed by atoms with Crippen molar-refractivity contribution >= 4 is 39.2 Å². The Labute approximate surface area is 187 Å². The number of nitrogens with one attached hydrogen (secondary N) is 2. The van der Waals surface area contributed by atoms with E-state index >= 15 is 0 Å². The standard InChI is InChI=1S/C22H26N2O7S/c1-13(2)30-21(26)16-10-17(22(27)31-14(3)4)12-19(11-16)24-32(28,29)20-8-6-18(7-9-20)23-15(5)25/h6-14,24H,1-5H3,(H,23,25). The summed E-state index contributed by atoms with van der Waals surface area (Å²) in [5, 5.41) is 2.55. The molecule has 0 aromatic heterocycles. The highest BCUT2D eigenvalue weighted by molar-refractivity contribution is 7.92. The van der Waals surface area contributed by atoms with Gasteiger partial charge < -0.3 is 14.8 Å². The molecule has 0 aliphatic rings. The largest absolute Gasteiger partial charge is 0.459 e. The SMILES string of the molecule is CC(=O)Nc1ccc(S(=O)(=O)Nc2cc(C(=O)OC(C)C)cc(C(=O)OC(C)C)c2)cc1. The number of amides is 1. The van der Waals surface area contributed by atoms with Gasteiger partial charge in [0.2, 0.25) is 5.91 Å². The second kappa shape index (κ2) is 10.3. The van der Waals surface area contributed by atoms with Crippen molar-refractivity contribution in [2.24, 2.45) is 0 Å². The van der Waals surface area contributed by atoms with E-state index in [1.165, 1.54) is 49.4 Å². The summed E-state index contributed by atoms with van der Waals surface area (Å²) in [6.07, 6.45) is -0.813. The topological polar surface area (TPSA) is 128 Å². The summed E-state index contributed by atoms with van der Waals surface area (Å²) in [7, 11) is -4.06. The molecule has 0 aliphatic heterocycles. The Morgan fingerprint density at radius 3 is 1.66 bits per heavy atom. The summed E-state index contributed by atoms with van der Waals surface area (Å²) >= 11 is 0. The molecule has 2 aromatic carbocycles. The first kappa shape index (κ1) is 24.9. The molecule has 0 fully saturated rings. The van der Waals surface area contributed by atoms with Crippen LogP contribution in [0, 0.1) is 0 Å². The van der Waals surface area contributed by atoms with Crippen molar-refractivity contribution in [3.63, 3.8) is 0 Å². The van der Waals surface area contributed by atoms with Crippen LogP contribution >= 0.6 is 0 Å². The monoisotopic (exact) mass is 462 g/mol. The van der Waals surface area contributed by atoms with Crippen LogP contribution in [-0.2, 0) is 24.3 Å².